The third-order valence-electron chi connectivity index (χ3n) is 3.60. The van der Waals surface area contributed by atoms with Crippen LogP contribution in [0.4, 0.5) is 11.4 Å². The van der Waals surface area contributed by atoms with Crippen LogP contribution in [0, 0.1) is 16.0 Å². The molecule has 20 heavy (non-hydrogen) atoms. The lowest BCUT2D eigenvalue weighted by atomic mass is 9.83. The van der Waals surface area contributed by atoms with Crippen LogP contribution in [0.25, 0.3) is 0 Å². The first kappa shape index (κ1) is 14.6. The van der Waals surface area contributed by atoms with Gasteiger partial charge in [-0.1, -0.05) is 30.9 Å². The molecule has 1 aromatic rings. The van der Waals surface area contributed by atoms with Gasteiger partial charge in [0.2, 0.25) is 0 Å². The molecular formula is C13H15ClN2O4. The number of non-ortho nitro benzene ring substituents is 1. The second-order valence-corrected chi connectivity index (χ2v) is 5.33. The number of carboxylic acids is 1. The van der Waals surface area contributed by atoms with E-state index < -0.39 is 10.9 Å². The number of benzene rings is 1. The second-order valence-electron chi connectivity index (χ2n) is 4.92. The molecule has 0 aromatic heterocycles. The van der Waals surface area contributed by atoms with E-state index in [9.17, 15) is 14.9 Å². The van der Waals surface area contributed by atoms with Gasteiger partial charge in [0.05, 0.1) is 21.2 Å². The Morgan fingerprint density at radius 1 is 1.50 bits per heavy atom. The summed E-state index contributed by atoms with van der Waals surface area (Å²) in [5.74, 6) is -0.547. The Morgan fingerprint density at radius 2 is 2.20 bits per heavy atom. The molecule has 1 saturated carbocycles. The first-order valence-corrected chi connectivity index (χ1v) is 6.82. The molecule has 0 atom stereocenters. The van der Waals surface area contributed by atoms with Crippen LogP contribution in [0.2, 0.25) is 5.02 Å². The van der Waals surface area contributed by atoms with Crippen LogP contribution in [-0.4, -0.2) is 22.5 Å². The van der Waals surface area contributed by atoms with Crippen molar-refractivity contribution in [2.45, 2.75) is 25.7 Å². The number of nitrogens with zero attached hydrogens (tertiary/aromatic N) is 1. The maximum absolute atomic E-state index is 11.2. The van der Waals surface area contributed by atoms with Crippen molar-refractivity contribution in [3.05, 3.63) is 32.8 Å². The molecule has 1 aliphatic carbocycles. The molecule has 0 heterocycles. The minimum absolute atomic E-state index is 0.0604. The van der Waals surface area contributed by atoms with E-state index in [1.165, 1.54) is 25.3 Å². The Bertz CT molecular complexity index is 543. The third kappa shape index (κ3) is 3.19. The van der Waals surface area contributed by atoms with E-state index in [2.05, 4.69) is 5.32 Å². The average Bonchev–Trinajstić information content (AvgIpc) is 2.32. The summed E-state index contributed by atoms with van der Waals surface area (Å²) in [7, 11) is 0. The van der Waals surface area contributed by atoms with Gasteiger partial charge in [-0.3, -0.25) is 10.1 Å². The van der Waals surface area contributed by atoms with Gasteiger partial charge in [0, 0.05) is 18.7 Å². The summed E-state index contributed by atoms with van der Waals surface area (Å²) in [5.41, 5.74) is -0.237. The molecule has 0 aliphatic heterocycles. The van der Waals surface area contributed by atoms with E-state index in [0.717, 1.165) is 12.5 Å². The zero-order valence-corrected chi connectivity index (χ0v) is 11.5. The summed E-state index contributed by atoms with van der Waals surface area (Å²) in [6, 6.07) is 2.19. The summed E-state index contributed by atoms with van der Waals surface area (Å²) >= 11 is 5.96. The van der Waals surface area contributed by atoms with Crippen molar-refractivity contribution in [1.82, 2.24) is 0 Å². The van der Waals surface area contributed by atoms with Gasteiger partial charge < -0.3 is 10.4 Å². The van der Waals surface area contributed by atoms with Gasteiger partial charge in [0.15, 0.2) is 0 Å². The topological polar surface area (TPSA) is 92.5 Å². The fourth-order valence-electron chi connectivity index (χ4n) is 2.23. The first-order valence-electron chi connectivity index (χ1n) is 6.44. The van der Waals surface area contributed by atoms with Crippen molar-refractivity contribution in [1.29, 1.82) is 0 Å². The molecule has 2 N–H and O–H groups in total. The number of carbonyl (C=O) groups is 1. The van der Waals surface area contributed by atoms with E-state index >= 15 is 0 Å². The fourth-order valence-corrected chi connectivity index (χ4v) is 2.51. The Hall–Kier alpha value is -1.82. The number of hydrogen-bond acceptors (Lipinski definition) is 4. The summed E-state index contributed by atoms with van der Waals surface area (Å²) in [6.45, 7) is 0.614. The Morgan fingerprint density at radius 3 is 2.70 bits per heavy atom. The highest BCUT2D eigenvalue weighted by Crippen LogP contribution is 2.33. The molecule has 0 radical (unpaired) electrons. The van der Waals surface area contributed by atoms with Gasteiger partial charge in [0.25, 0.3) is 5.69 Å². The smallest absolute Gasteiger partial charge is 0.338 e. The molecule has 1 aliphatic rings. The van der Waals surface area contributed by atoms with Crippen molar-refractivity contribution in [3.63, 3.8) is 0 Å². The van der Waals surface area contributed by atoms with Crippen LogP contribution in [0.3, 0.4) is 0 Å². The van der Waals surface area contributed by atoms with Crippen molar-refractivity contribution < 1.29 is 14.8 Å². The predicted molar refractivity (Wildman–Crippen MR) is 75.5 cm³/mol. The van der Waals surface area contributed by atoms with Crippen LogP contribution in [-0.2, 0) is 0 Å². The quantitative estimate of drug-likeness (QED) is 0.619. The van der Waals surface area contributed by atoms with E-state index in [1.54, 1.807) is 0 Å². The molecule has 1 fully saturated rings. The summed E-state index contributed by atoms with van der Waals surface area (Å²) in [5, 5.41) is 22.9. The van der Waals surface area contributed by atoms with Crippen LogP contribution in [0.1, 0.15) is 36.0 Å². The maximum atomic E-state index is 11.2. The van der Waals surface area contributed by atoms with Crippen molar-refractivity contribution in [3.8, 4) is 0 Å². The number of anilines is 1. The minimum atomic E-state index is -1.23. The highest BCUT2D eigenvalue weighted by atomic mass is 35.5. The number of halogens is 1. The fraction of sp³-hybridized carbons (Fsp3) is 0.462. The Labute approximate surface area is 120 Å². The van der Waals surface area contributed by atoms with Crippen LogP contribution in [0.5, 0.6) is 0 Å². The first-order chi connectivity index (χ1) is 9.49. The lowest BCUT2D eigenvalue weighted by Gasteiger charge is -2.25. The number of carboxylic acid groups (broad SMARTS) is 1. The van der Waals surface area contributed by atoms with Gasteiger partial charge in [-0.25, -0.2) is 4.79 Å². The highest BCUT2D eigenvalue weighted by molar-refractivity contribution is 6.34. The van der Waals surface area contributed by atoms with Crippen LogP contribution in [0.15, 0.2) is 12.1 Å². The standard InChI is InChI=1S/C13H15ClN2O4/c14-11-7-9(16(19)20)6-10(13(17)18)12(11)15-5-4-8-2-1-3-8/h6-8,15H,1-5H2,(H,17,18). The lowest BCUT2D eigenvalue weighted by Crippen LogP contribution is -2.17. The van der Waals surface area contributed by atoms with Gasteiger partial charge >= 0.3 is 5.97 Å². The third-order valence-corrected chi connectivity index (χ3v) is 3.89. The molecule has 7 heteroatoms. The number of aromatic carboxylic acids is 1. The van der Waals surface area contributed by atoms with Gasteiger partial charge in [-0.15, -0.1) is 0 Å². The van der Waals surface area contributed by atoms with Gasteiger partial charge in [0.1, 0.15) is 0 Å². The molecule has 108 valence electrons. The summed E-state index contributed by atoms with van der Waals surface area (Å²) < 4.78 is 0. The molecule has 0 unspecified atom stereocenters. The van der Waals surface area contributed by atoms with Crippen molar-refractivity contribution >= 4 is 28.9 Å². The molecule has 0 saturated heterocycles. The molecule has 0 bridgehead atoms. The molecule has 6 nitrogen and oxygen atoms in total. The Balaban J connectivity index is 2.16. The number of hydrogen-bond donors (Lipinski definition) is 2. The number of nitro groups is 1. The summed E-state index contributed by atoms with van der Waals surface area (Å²) in [6.07, 6.45) is 4.62. The minimum Gasteiger partial charge on any atom is -0.478 e. The van der Waals surface area contributed by atoms with E-state index in [1.807, 2.05) is 0 Å². The monoisotopic (exact) mass is 298 g/mol. The largest absolute Gasteiger partial charge is 0.478 e. The Kier molecular flexibility index (Phi) is 4.44. The van der Waals surface area contributed by atoms with Crippen molar-refractivity contribution in [2.24, 2.45) is 5.92 Å². The average molecular weight is 299 g/mol. The number of nitrogens with one attached hydrogen (secondary N) is 1. The van der Waals surface area contributed by atoms with Gasteiger partial charge in [-0.05, 0) is 12.3 Å². The van der Waals surface area contributed by atoms with Crippen molar-refractivity contribution in [2.75, 3.05) is 11.9 Å². The van der Waals surface area contributed by atoms with E-state index in [-0.39, 0.29) is 22.0 Å². The highest BCUT2D eigenvalue weighted by Gasteiger charge is 2.21. The normalized spacial score (nSPS) is 14.7. The predicted octanol–water partition coefficient (Wildman–Crippen LogP) is 3.55. The lowest BCUT2D eigenvalue weighted by molar-refractivity contribution is -0.384. The molecule has 0 amide bonds. The zero-order chi connectivity index (χ0) is 14.7. The van der Waals surface area contributed by atoms with E-state index in [4.69, 9.17) is 16.7 Å². The number of nitro benzene ring substituents is 1. The molecule has 0 spiro atoms. The maximum Gasteiger partial charge on any atom is 0.338 e. The SMILES string of the molecule is O=C(O)c1cc([N+](=O)[O-])cc(Cl)c1NCCC1CCC1. The molecule has 2 rings (SSSR count). The number of rotatable bonds is 6. The second kappa shape index (κ2) is 6.09. The van der Waals surface area contributed by atoms with E-state index in [0.29, 0.717) is 12.5 Å². The van der Waals surface area contributed by atoms with Crippen LogP contribution < -0.4 is 5.32 Å². The molecular weight excluding hydrogens is 284 g/mol. The summed E-state index contributed by atoms with van der Waals surface area (Å²) in [4.78, 5) is 21.3. The zero-order valence-electron chi connectivity index (χ0n) is 10.8. The van der Waals surface area contributed by atoms with Gasteiger partial charge in [-0.2, -0.15) is 0 Å². The van der Waals surface area contributed by atoms with Crippen LogP contribution >= 0.6 is 11.6 Å². The molecule has 1 aromatic carbocycles.